The largest absolute Gasteiger partial charge is 0.488 e. The van der Waals surface area contributed by atoms with E-state index in [0.29, 0.717) is 17.8 Å². The van der Waals surface area contributed by atoms with Crippen molar-refractivity contribution in [1.29, 1.82) is 0 Å². The Balaban J connectivity index is 2.06. The van der Waals surface area contributed by atoms with Gasteiger partial charge in [-0.05, 0) is 54.2 Å². The average Bonchev–Trinajstić information content (AvgIpc) is 2.46. The minimum atomic E-state index is -1.46. The lowest BCUT2D eigenvalue weighted by Crippen LogP contribution is -2.31. The van der Waals surface area contributed by atoms with Gasteiger partial charge in [0.05, 0.1) is 6.61 Å². The van der Waals surface area contributed by atoms with E-state index in [4.69, 9.17) is 9.47 Å². The standard InChI is InChI=1S/C16H19BO4/c1-12-11-15(7-8-16(12)17(18)19)21-14-5-3-13(4-6-14)9-10-20-2/h3-8,11,18-19H,9-10H2,1-2H3. The van der Waals surface area contributed by atoms with Crippen molar-refractivity contribution >= 4 is 12.6 Å². The minimum absolute atomic E-state index is 0.484. The fourth-order valence-electron chi connectivity index (χ4n) is 2.08. The number of aryl methyl sites for hydroxylation is 1. The summed E-state index contributed by atoms with van der Waals surface area (Å²) in [4.78, 5) is 0. The second kappa shape index (κ2) is 7.27. The van der Waals surface area contributed by atoms with Gasteiger partial charge < -0.3 is 19.5 Å². The van der Waals surface area contributed by atoms with E-state index >= 15 is 0 Å². The maximum absolute atomic E-state index is 9.19. The summed E-state index contributed by atoms with van der Waals surface area (Å²) in [5.74, 6) is 1.41. The molecule has 0 aliphatic carbocycles. The lowest BCUT2D eigenvalue weighted by Gasteiger charge is -2.10. The first kappa shape index (κ1) is 15.6. The lowest BCUT2D eigenvalue weighted by atomic mass is 9.77. The first-order valence-electron chi connectivity index (χ1n) is 6.82. The third kappa shape index (κ3) is 4.33. The van der Waals surface area contributed by atoms with Gasteiger partial charge >= 0.3 is 7.12 Å². The Morgan fingerprint density at radius 1 is 1.00 bits per heavy atom. The second-order valence-electron chi connectivity index (χ2n) is 4.88. The summed E-state index contributed by atoms with van der Waals surface area (Å²) in [6.07, 6.45) is 0.874. The molecule has 0 heterocycles. The van der Waals surface area contributed by atoms with Crippen LogP contribution in [0.25, 0.3) is 0 Å². The molecule has 0 spiro atoms. The lowest BCUT2D eigenvalue weighted by molar-refractivity contribution is 0.202. The topological polar surface area (TPSA) is 58.9 Å². The SMILES string of the molecule is COCCc1ccc(Oc2ccc(B(O)O)c(C)c2)cc1. The van der Waals surface area contributed by atoms with Gasteiger partial charge in [-0.15, -0.1) is 0 Å². The van der Waals surface area contributed by atoms with Crippen molar-refractivity contribution < 1.29 is 19.5 Å². The van der Waals surface area contributed by atoms with Crippen LogP contribution in [0.1, 0.15) is 11.1 Å². The van der Waals surface area contributed by atoms with Crippen molar-refractivity contribution in [2.45, 2.75) is 13.3 Å². The fourth-order valence-corrected chi connectivity index (χ4v) is 2.08. The molecule has 0 aliphatic heterocycles. The minimum Gasteiger partial charge on any atom is -0.457 e. The zero-order valence-corrected chi connectivity index (χ0v) is 12.2. The molecule has 0 radical (unpaired) electrons. The van der Waals surface area contributed by atoms with Gasteiger partial charge in [0.1, 0.15) is 11.5 Å². The molecule has 0 aliphatic rings. The fraction of sp³-hybridized carbons (Fsp3) is 0.250. The molecule has 0 unspecified atom stereocenters. The van der Waals surface area contributed by atoms with E-state index in [-0.39, 0.29) is 0 Å². The third-order valence-electron chi connectivity index (χ3n) is 3.27. The van der Waals surface area contributed by atoms with Gasteiger partial charge in [0, 0.05) is 7.11 Å². The van der Waals surface area contributed by atoms with Crippen LogP contribution in [0.4, 0.5) is 0 Å². The van der Waals surface area contributed by atoms with Crippen LogP contribution >= 0.6 is 0 Å². The molecule has 0 fully saturated rings. The van der Waals surface area contributed by atoms with Crippen molar-refractivity contribution in [2.24, 2.45) is 0 Å². The number of benzene rings is 2. The summed E-state index contributed by atoms with van der Waals surface area (Å²) in [6, 6.07) is 13.0. The number of hydrogen-bond donors (Lipinski definition) is 2. The smallest absolute Gasteiger partial charge is 0.457 e. The van der Waals surface area contributed by atoms with Crippen LogP contribution in [-0.4, -0.2) is 30.9 Å². The third-order valence-corrected chi connectivity index (χ3v) is 3.27. The van der Waals surface area contributed by atoms with Crippen molar-refractivity contribution in [3.8, 4) is 11.5 Å². The Labute approximate surface area is 125 Å². The van der Waals surface area contributed by atoms with Crippen molar-refractivity contribution in [3.05, 3.63) is 53.6 Å². The van der Waals surface area contributed by atoms with Crippen molar-refractivity contribution in [1.82, 2.24) is 0 Å². The van der Waals surface area contributed by atoms with Gasteiger partial charge in [-0.25, -0.2) is 0 Å². The zero-order valence-electron chi connectivity index (χ0n) is 12.2. The van der Waals surface area contributed by atoms with Gasteiger partial charge in [-0.1, -0.05) is 18.2 Å². The van der Waals surface area contributed by atoms with Gasteiger partial charge in [0.25, 0.3) is 0 Å². The van der Waals surface area contributed by atoms with Gasteiger partial charge in [0.15, 0.2) is 0 Å². The highest BCUT2D eigenvalue weighted by molar-refractivity contribution is 6.59. The van der Waals surface area contributed by atoms with Crippen LogP contribution in [0, 0.1) is 6.92 Å². The van der Waals surface area contributed by atoms with E-state index in [1.54, 1.807) is 25.3 Å². The highest BCUT2D eigenvalue weighted by atomic mass is 16.5. The molecule has 2 aromatic rings. The van der Waals surface area contributed by atoms with E-state index in [0.717, 1.165) is 17.7 Å². The summed E-state index contributed by atoms with van der Waals surface area (Å²) < 4.78 is 10.8. The van der Waals surface area contributed by atoms with Crippen LogP contribution in [0.3, 0.4) is 0 Å². The highest BCUT2D eigenvalue weighted by Gasteiger charge is 2.14. The quantitative estimate of drug-likeness (QED) is 0.793. The molecule has 4 nitrogen and oxygen atoms in total. The molecule has 2 rings (SSSR count). The Hall–Kier alpha value is -1.82. The van der Waals surface area contributed by atoms with Crippen LogP contribution < -0.4 is 10.2 Å². The summed E-state index contributed by atoms with van der Waals surface area (Å²) in [5.41, 5.74) is 2.45. The molecule has 0 aromatic heterocycles. The summed E-state index contributed by atoms with van der Waals surface area (Å²) in [5, 5.41) is 18.4. The maximum Gasteiger partial charge on any atom is 0.488 e. The van der Waals surface area contributed by atoms with E-state index in [1.165, 1.54) is 5.56 Å². The molecule has 0 atom stereocenters. The number of rotatable bonds is 6. The molecule has 110 valence electrons. The summed E-state index contributed by atoms with van der Waals surface area (Å²) in [7, 11) is 0.228. The van der Waals surface area contributed by atoms with E-state index < -0.39 is 7.12 Å². The Morgan fingerprint density at radius 3 is 2.24 bits per heavy atom. The van der Waals surface area contributed by atoms with Crippen LogP contribution in [0.5, 0.6) is 11.5 Å². The number of ether oxygens (including phenoxy) is 2. The van der Waals surface area contributed by atoms with Crippen molar-refractivity contribution in [2.75, 3.05) is 13.7 Å². The van der Waals surface area contributed by atoms with Crippen LogP contribution in [-0.2, 0) is 11.2 Å². The normalized spacial score (nSPS) is 10.5. The highest BCUT2D eigenvalue weighted by Crippen LogP contribution is 2.22. The number of methoxy groups -OCH3 is 1. The molecule has 5 heteroatoms. The van der Waals surface area contributed by atoms with Crippen molar-refractivity contribution in [3.63, 3.8) is 0 Å². The van der Waals surface area contributed by atoms with Gasteiger partial charge in [0.2, 0.25) is 0 Å². The second-order valence-corrected chi connectivity index (χ2v) is 4.88. The van der Waals surface area contributed by atoms with E-state index in [2.05, 4.69) is 0 Å². The predicted molar refractivity (Wildman–Crippen MR) is 83.1 cm³/mol. The Bertz CT molecular complexity index is 581. The molecule has 0 amide bonds. The molecular formula is C16H19BO4. The van der Waals surface area contributed by atoms with Gasteiger partial charge in [-0.2, -0.15) is 0 Å². The molecule has 2 aromatic carbocycles. The first-order chi connectivity index (χ1) is 10.1. The summed E-state index contributed by atoms with van der Waals surface area (Å²) >= 11 is 0. The molecular weight excluding hydrogens is 267 g/mol. The van der Waals surface area contributed by atoms with Crippen LogP contribution in [0.2, 0.25) is 0 Å². The zero-order chi connectivity index (χ0) is 15.2. The first-order valence-corrected chi connectivity index (χ1v) is 6.82. The molecule has 21 heavy (non-hydrogen) atoms. The molecule has 0 bridgehead atoms. The Kier molecular flexibility index (Phi) is 5.39. The van der Waals surface area contributed by atoms with E-state index in [1.807, 2.05) is 31.2 Å². The predicted octanol–water partition coefficient (Wildman–Crippen LogP) is 1.66. The van der Waals surface area contributed by atoms with Crippen LogP contribution in [0.15, 0.2) is 42.5 Å². The average molecular weight is 286 g/mol. The monoisotopic (exact) mass is 286 g/mol. The van der Waals surface area contributed by atoms with Gasteiger partial charge in [-0.3, -0.25) is 0 Å². The number of hydrogen-bond acceptors (Lipinski definition) is 4. The maximum atomic E-state index is 9.19. The Morgan fingerprint density at radius 2 is 1.67 bits per heavy atom. The molecule has 0 saturated heterocycles. The molecule has 2 N–H and O–H groups in total. The molecule has 0 saturated carbocycles. The van der Waals surface area contributed by atoms with E-state index in [9.17, 15) is 10.0 Å². The summed E-state index contributed by atoms with van der Waals surface area (Å²) in [6.45, 7) is 2.51.